The minimum atomic E-state index is -1.12. The van der Waals surface area contributed by atoms with Gasteiger partial charge >= 0.3 is 5.97 Å². The normalized spacial score (nSPS) is 10.6. The second-order valence-electron chi connectivity index (χ2n) is 3.99. The lowest BCUT2D eigenvalue weighted by atomic mass is 10.2. The van der Waals surface area contributed by atoms with E-state index in [0.717, 1.165) is 17.8 Å². The van der Waals surface area contributed by atoms with E-state index in [2.05, 4.69) is 0 Å². The largest absolute Gasteiger partial charge is 0.478 e. The Kier molecular flexibility index (Phi) is 4.62. The van der Waals surface area contributed by atoms with Crippen molar-refractivity contribution in [1.82, 2.24) is 0 Å². The number of carboxylic acids is 1. The number of hydrogen-bond donors (Lipinski definition) is 1. The first-order valence-electron chi connectivity index (χ1n) is 5.57. The molecule has 0 aromatic heterocycles. The lowest BCUT2D eigenvalue weighted by molar-refractivity contribution is 0.0696. The number of halogens is 3. The molecule has 2 aromatic carbocycles. The molecule has 6 heteroatoms. The van der Waals surface area contributed by atoms with Gasteiger partial charge in [0.15, 0.2) is 0 Å². The van der Waals surface area contributed by atoms with Crippen molar-refractivity contribution in [3.8, 4) is 0 Å². The summed E-state index contributed by atoms with van der Waals surface area (Å²) >= 11 is 6.67. The zero-order chi connectivity index (χ0) is 14.7. The van der Waals surface area contributed by atoms with Crippen molar-refractivity contribution in [3.63, 3.8) is 0 Å². The molecule has 2 rings (SSSR count). The summed E-state index contributed by atoms with van der Waals surface area (Å²) in [5, 5.41) is 8.88. The van der Waals surface area contributed by atoms with E-state index < -0.39 is 17.6 Å². The molecule has 0 saturated heterocycles. The second-order valence-corrected chi connectivity index (χ2v) is 5.41. The van der Waals surface area contributed by atoms with Crippen molar-refractivity contribution in [2.75, 3.05) is 0 Å². The molecule has 2 aromatic rings. The highest BCUT2D eigenvalue weighted by Gasteiger charge is 2.09. The summed E-state index contributed by atoms with van der Waals surface area (Å²) in [5.41, 5.74) is 0.646. The van der Waals surface area contributed by atoms with Crippen LogP contribution in [0.2, 0.25) is 5.02 Å². The first-order chi connectivity index (χ1) is 9.47. The third kappa shape index (κ3) is 3.49. The average molecular weight is 315 g/mol. The summed E-state index contributed by atoms with van der Waals surface area (Å²) < 4.78 is 26.8. The predicted molar refractivity (Wildman–Crippen MR) is 74.3 cm³/mol. The molecule has 0 fully saturated rings. The first kappa shape index (κ1) is 14.8. The molecule has 0 amide bonds. The van der Waals surface area contributed by atoms with Crippen LogP contribution >= 0.6 is 23.4 Å². The maximum Gasteiger partial charge on any atom is 0.335 e. The van der Waals surface area contributed by atoms with Crippen molar-refractivity contribution >= 4 is 29.3 Å². The van der Waals surface area contributed by atoms with E-state index >= 15 is 0 Å². The summed E-state index contributed by atoms with van der Waals surface area (Å²) in [6, 6.07) is 7.90. The van der Waals surface area contributed by atoms with Gasteiger partial charge in [-0.1, -0.05) is 17.7 Å². The standard InChI is InChI=1S/C14H9ClF2O2S/c15-10-3-1-8(5-12(10)17)7-20-13-6-9(14(18)19)2-4-11(13)16/h1-6H,7H2,(H,18,19). The highest BCUT2D eigenvalue weighted by atomic mass is 35.5. The topological polar surface area (TPSA) is 37.3 Å². The van der Waals surface area contributed by atoms with Gasteiger partial charge in [-0.2, -0.15) is 0 Å². The van der Waals surface area contributed by atoms with Crippen molar-refractivity contribution in [2.24, 2.45) is 0 Å². The average Bonchev–Trinajstić information content (AvgIpc) is 2.41. The Balaban J connectivity index is 2.15. The van der Waals surface area contributed by atoms with E-state index in [4.69, 9.17) is 16.7 Å². The van der Waals surface area contributed by atoms with Gasteiger partial charge < -0.3 is 5.11 Å². The van der Waals surface area contributed by atoms with Crippen LogP contribution in [0.15, 0.2) is 41.3 Å². The van der Waals surface area contributed by atoms with Gasteiger partial charge in [0.2, 0.25) is 0 Å². The van der Waals surface area contributed by atoms with Gasteiger partial charge in [-0.3, -0.25) is 0 Å². The fourth-order valence-corrected chi connectivity index (χ4v) is 2.57. The molecule has 0 spiro atoms. The second kappa shape index (κ2) is 6.24. The molecule has 2 nitrogen and oxygen atoms in total. The lowest BCUT2D eigenvalue weighted by Crippen LogP contribution is -1.97. The first-order valence-corrected chi connectivity index (χ1v) is 6.93. The monoisotopic (exact) mass is 314 g/mol. The van der Waals surface area contributed by atoms with E-state index in [1.54, 1.807) is 6.07 Å². The number of aromatic carboxylic acids is 1. The van der Waals surface area contributed by atoms with Gasteiger partial charge in [0.05, 0.1) is 10.6 Å². The van der Waals surface area contributed by atoms with Crippen LogP contribution in [0.5, 0.6) is 0 Å². The molecule has 0 saturated carbocycles. The van der Waals surface area contributed by atoms with Crippen molar-refractivity contribution in [2.45, 2.75) is 10.6 Å². The molecular formula is C14H9ClF2O2S. The minimum absolute atomic E-state index is 0.0104. The highest BCUT2D eigenvalue weighted by Crippen LogP contribution is 2.27. The molecule has 104 valence electrons. The Morgan fingerprint density at radius 3 is 2.55 bits per heavy atom. The van der Waals surface area contributed by atoms with Crippen molar-refractivity contribution in [3.05, 3.63) is 64.2 Å². The fourth-order valence-electron chi connectivity index (χ4n) is 1.54. The summed E-state index contributed by atoms with van der Waals surface area (Å²) in [6.45, 7) is 0. The van der Waals surface area contributed by atoms with Crippen LogP contribution in [0, 0.1) is 11.6 Å². The number of thioether (sulfide) groups is 1. The Bertz CT molecular complexity index is 662. The molecule has 1 N–H and O–H groups in total. The summed E-state index contributed by atoms with van der Waals surface area (Å²) in [4.78, 5) is 11.0. The van der Waals surface area contributed by atoms with Crippen LogP contribution in [0.3, 0.4) is 0 Å². The van der Waals surface area contributed by atoms with Gasteiger partial charge in [-0.25, -0.2) is 13.6 Å². The van der Waals surface area contributed by atoms with Crippen molar-refractivity contribution < 1.29 is 18.7 Å². The molecule has 0 aliphatic rings. The van der Waals surface area contributed by atoms with Crippen LogP contribution in [0.4, 0.5) is 8.78 Å². The Hall–Kier alpha value is -1.59. The van der Waals surface area contributed by atoms with Crippen LogP contribution in [0.1, 0.15) is 15.9 Å². The van der Waals surface area contributed by atoms with Crippen LogP contribution in [0.25, 0.3) is 0 Å². The molecule has 0 heterocycles. The molecule has 0 atom stereocenters. The number of carbonyl (C=O) groups is 1. The van der Waals surface area contributed by atoms with Gasteiger partial charge in [-0.05, 0) is 35.9 Å². The Labute approximate surface area is 123 Å². The van der Waals surface area contributed by atoms with Crippen molar-refractivity contribution in [1.29, 1.82) is 0 Å². The molecule has 0 aliphatic carbocycles. The SMILES string of the molecule is O=C(O)c1ccc(F)c(SCc2ccc(Cl)c(F)c2)c1. The molecule has 0 radical (unpaired) electrons. The zero-order valence-electron chi connectivity index (χ0n) is 10.1. The van der Waals surface area contributed by atoms with E-state index in [1.165, 1.54) is 24.3 Å². The maximum absolute atomic E-state index is 13.6. The zero-order valence-corrected chi connectivity index (χ0v) is 11.6. The maximum atomic E-state index is 13.6. The van der Waals surface area contributed by atoms with E-state index in [9.17, 15) is 13.6 Å². The third-order valence-corrected chi connectivity index (χ3v) is 3.96. The number of carboxylic acid groups (broad SMARTS) is 1. The smallest absolute Gasteiger partial charge is 0.335 e. The number of rotatable bonds is 4. The molecule has 0 unspecified atom stereocenters. The molecular weight excluding hydrogens is 306 g/mol. The fraction of sp³-hybridized carbons (Fsp3) is 0.0714. The molecule has 0 aliphatic heterocycles. The summed E-state index contributed by atoms with van der Waals surface area (Å²) in [6.07, 6.45) is 0. The van der Waals surface area contributed by atoms with E-state index in [0.29, 0.717) is 11.3 Å². The summed E-state index contributed by atoms with van der Waals surface area (Å²) in [5.74, 6) is -1.85. The number of benzene rings is 2. The van der Waals surface area contributed by atoms with Crippen LogP contribution in [-0.4, -0.2) is 11.1 Å². The summed E-state index contributed by atoms with van der Waals surface area (Å²) in [7, 11) is 0. The van der Waals surface area contributed by atoms with Gasteiger partial charge in [-0.15, -0.1) is 11.8 Å². The Morgan fingerprint density at radius 1 is 1.15 bits per heavy atom. The number of hydrogen-bond acceptors (Lipinski definition) is 2. The Morgan fingerprint density at radius 2 is 1.90 bits per heavy atom. The van der Waals surface area contributed by atoms with Crippen LogP contribution < -0.4 is 0 Å². The van der Waals surface area contributed by atoms with Gasteiger partial charge in [0, 0.05) is 10.6 Å². The van der Waals surface area contributed by atoms with Gasteiger partial charge in [0.1, 0.15) is 11.6 Å². The van der Waals surface area contributed by atoms with E-state index in [1.807, 2.05) is 0 Å². The molecule has 20 heavy (non-hydrogen) atoms. The highest BCUT2D eigenvalue weighted by molar-refractivity contribution is 7.98. The lowest BCUT2D eigenvalue weighted by Gasteiger charge is -2.05. The van der Waals surface area contributed by atoms with Gasteiger partial charge in [0.25, 0.3) is 0 Å². The molecule has 0 bridgehead atoms. The van der Waals surface area contributed by atoms with Crippen LogP contribution in [-0.2, 0) is 5.75 Å². The van der Waals surface area contributed by atoms with E-state index in [-0.39, 0.29) is 15.5 Å². The third-order valence-electron chi connectivity index (χ3n) is 2.56. The quantitative estimate of drug-likeness (QED) is 0.837. The predicted octanol–water partition coefficient (Wildman–Crippen LogP) is 4.61. The minimum Gasteiger partial charge on any atom is -0.478 e.